The second-order valence-electron chi connectivity index (χ2n) is 4.06. The van der Waals surface area contributed by atoms with Gasteiger partial charge in [0.2, 0.25) is 0 Å². The molecular formula is C12H14N2O3S. The number of nitrogens with zero attached hydrogens (tertiary/aromatic N) is 2. The van der Waals surface area contributed by atoms with E-state index in [1.165, 1.54) is 11.3 Å². The fourth-order valence-electron chi connectivity index (χ4n) is 1.64. The van der Waals surface area contributed by atoms with Crippen LogP contribution in [0.4, 0.5) is 5.13 Å². The zero-order valence-electron chi connectivity index (χ0n) is 10.4. The first-order chi connectivity index (χ1) is 8.49. The molecule has 2 aromatic rings. The Balaban J connectivity index is 2.19. The van der Waals surface area contributed by atoms with Gasteiger partial charge in [-0.3, -0.25) is 0 Å². The summed E-state index contributed by atoms with van der Waals surface area (Å²) in [7, 11) is 1.89. The number of carbonyl (C=O) groups is 1. The van der Waals surface area contributed by atoms with Crippen LogP contribution in [0.1, 0.15) is 26.7 Å². The average molecular weight is 266 g/mol. The average Bonchev–Trinajstić information content (AvgIpc) is 2.86. The minimum Gasteiger partial charge on any atom is -0.476 e. The Hall–Kier alpha value is -1.82. The van der Waals surface area contributed by atoms with Crippen molar-refractivity contribution in [3.8, 4) is 0 Å². The lowest BCUT2D eigenvalue weighted by molar-refractivity contribution is 0.0690. The van der Waals surface area contributed by atoms with Gasteiger partial charge >= 0.3 is 5.97 Å². The summed E-state index contributed by atoms with van der Waals surface area (Å²) in [4.78, 5) is 17.7. The van der Waals surface area contributed by atoms with E-state index in [-0.39, 0.29) is 5.69 Å². The zero-order chi connectivity index (χ0) is 13.3. The van der Waals surface area contributed by atoms with Crippen LogP contribution in [-0.4, -0.2) is 23.1 Å². The molecule has 5 nitrogen and oxygen atoms in total. The van der Waals surface area contributed by atoms with Gasteiger partial charge in [-0.1, -0.05) is 0 Å². The molecule has 1 N–H and O–H groups in total. The smallest absolute Gasteiger partial charge is 0.355 e. The van der Waals surface area contributed by atoms with E-state index in [0.717, 1.165) is 11.3 Å². The molecule has 0 saturated heterocycles. The van der Waals surface area contributed by atoms with Gasteiger partial charge in [0.1, 0.15) is 5.76 Å². The van der Waals surface area contributed by atoms with E-state index < -0.39 is 5.97 Å². The Bertz CT molecular complexity index is 574. The van der Waals surface area contributed by atoms with Crippen molar-refractivity contribution >= 4 is 22.4 Å². The topological polar surface area (TPSA) is 66.6 Å². The molecule has 0 saturated carbocycles. The standard InChI is InChI=1S/C12H14N2O3S/c1-7-9(4-5-17-7)6-14(3)12-13-10(11(15)16)8(2)18-12/h4-5H,6H2,1-3H3,(H,15,16). The first-order valence-electron chi connectivity index (χ1n) is 5.44. The summed E-state index contributed by atoms with van der Waals surface area (Å²) in [5, 5.41) is 9.67. The van der Waals surface area contributed by atoms with E-state index in [2.05, 4.69) is 4.98 Å². The molecule has 0 fully saturated rings. The monoisotopic (exact) mass is 266 g/mol. The summed E-state index contributed by atoms with van der Waals surface area (Å²) < 4.78 is 5.23. The van der Waals surface area contributed by atoms with Gasteiger partial charge in [0.15, 0.2) is 10.8 Å². The van der Waals surface area contributed by atoms with Crippen molar-refractivity contribution in [1.29, 1.82) is 0 Å². The number of aromatic nitrogens is 1. The third-order valence-corrected chi connectivity index (χ3v) is 3.77. The molecule has 2 aromatic heterocycles. The Morgan fingerprint density at radius 2 is 2.28 bits per heavy atom. The molecule has 0 unspecified atom stereocenters. The number of hydrogen-bond donors (Lipinski definition) is 1. The van der Waals surface area contributed by atoms with Crippen molar-refractivity contribution in [2.45, 2.75) is 20.4 Å². The van der Waals surface area contributed by atoms with Crippen LogP contribution >= 0.6 is 11.3 Å². The highest BCUT2D eigenvalue weighted by Gasteiger charge is 2.17. The van der Waals surface area contributed by atoms with Crippen molar-refractivity contribution in [2.75, 3.05) is 11.9 Å². The summed E-state index contributed by atoms with van der Waals surface area (Å²) in [5.74, 6) is -0.114. The summed E-state index contributed by atoms with van der Waals surface area (Å²) >= 11 is 1.38. The highest BCUT2D eigenvalue weighted by Crippen LogP contribution is 2.26. The number of aromatic carboxylic acids is 1. The highest BCUT2D eigenvalue weighted by atomic mass is 32.1. The minimum absolute atomic E-state index is 0.130. The molecule has 0 aliphatic carbocycles. The summed E-state index contributed by atoms with van der Waals surface area (Å²) in [6.07, 6.45) is 1.65. The number of furan rings is 1. The van der Waals surface area contributed by atoms with Crippen LogP contribution in [0.25, 0.3) is 0 Å². The van der Waals surface area contributed by atoms with Gasteiger partial charge in [0.05, 0.1) is 6.26 Å². The molecular weight excluding hydrogens is 252 g/mol. The van der Waals surface area contributed by atoms with Gasteiger partial charge in [-0.2, -0.15) is 0 Å². The number of hydrogen-bond acceptors (Lipinski definition) is 5. The molecule has 6 heteroatoms. The number of aryl methyl sites for hydroxylation is 2. The van der Waals surface area contributed by atoms with Crippen LogP contribution in [-0.2, 0) is 6.54 Å². The third kappa shape index (κ3) is 2.38. The maximum Gasteiger partial charge on any atom is 0.355 e. The van der Waals surface area contributed by atoms with E-state index >= 15 is 0 Å². The van der Waals surface area contributed by atoms with Crippen LogP contribution in [0.3, 0.4) is 0 Å². The van der Waals surface area contributed by atoms with Crippen LogP contribution in [0.2, 0.25) is 0 Å². The van der Waals surface area contributed by atoms with Gasteiger partial charge in [-0.15, -0.1) is 11.3 Å². The number of rotatable bonds is 4. The van der Waals surface area contributed by atoms with Crippen molar-refractivity contribution < 1.29 is 14.3 Å². The molecule has 0 spiro atoms. The first-order valence-corrected chi connectivity index (χ1v) is 6.25. The Morgan fingerprint density at radius 1 is 1.56 bits per heavy atom. The van der Waals surface area contributed by atoms with Crippen molar-refractivity contribution in [3.05, 3.63) is 34.2 Å². The SMILES string of the molecule is Cc1occc1CN(C)c1nc(C(=O)O)c(C)s1. The second-order valence-corrected chi connectivity index (χ2v) is 5.25. The summed E-state index contributed by atoms with van der Waals surface area (Å²) in [6.45, 7) is 4.31. The molecule has 0 radical (unpaired) electrons. The van der Waals surface area contributed by atoms with E-state index in [1.54, 1.807) is 13.2 Å². The van der Waals surface area contributed by atoms with Crippen LogP contribution in [0.5, 0.6) is 0 Å². The number of anilines is 1. The minimum atomic E-state index is -0.983. The number of carboxylic acid groups (broad SMARTS) is 1. The summed E-state index contributed by atoms with van der Waals surface area (Å²) in [5.41, 5.74) is 1.20. The second kappa shape index (κ2) is 4.81. The van der Waals surface area contributed by atoms with E-state index in [0.29, 0.717) is 16.6 Å². The van der Waals surface area contributed by atoms with Gasteiger partial charge in [0, 0.05) is 24.0 Å². The lowest BCUT2D eigenvalue weighted by Gasteiger charge is -2.14. The molecule has 18 heavy (non-hydrogen) atoms. The van der Waals surface area contributed by atoms with Gasteiger partial charge in [-0.05, 0) is 19.9 Å². The molecule has 0 atom stereocenters. The molecule has 0 aliphatic heterocycles. The Labute approximate surface area is 109 Å². The van der Waals surface area contributed by atoms with Gasteiger partial charge < -0.3 is 14.4 Å². The quantitative estimate of drug-likeness (QED) is 0.921. The normalized spacial score (nSPS) is 10.6. The first kappa shape index (κ1) is 12.6. The Morgan fingerprint density at radius 3 is 2.78 bits per heavy atom. The predicted molar refractivity (Wildman–Crippen MR) is 69.4 cm³/mol. The molecule has 0 aromatic carbocycles. The number of carboxylic acids is 1. The zero-order valence-corrected chi connectivity index (χ0v) is 11.2. The Kier molecular flexibility index (Phi) is 3.38. The fraction of sp³-hybridized carbons (Fsp3) is 0.333. The molecule has 2 heterocycles. The van der Waals surface area contributed by atoms with Crippen LogP contribution in [0.15, 0.2) is 16.7 Å². The molecule has 96 valence electrons. The van der Waals surface area contributed by atoms with E-state index in [4.69, 9.17) is 9.52 Å². The molecule has 2 rings (SSSR count). The lowest BCUT2D eigenvalue weighted by Crippen LogP contribution is -2.16. The van der Waals surface area contributed by atoms with E-state index in [9.17, 15) is 4.79 Å². The van der Waals surface area contributed by atoms with Crippen LogP contribution in [0, 0.1) is 13.8 Å². The number of thiazole rings is 1. The highest BCUT2D eigenvalue weighted by molar-refractivity contribution is 7.15. The van der Waals surface area contributed by atoms with Crippen molar-refractivity contribution in [1.82, 2.24) is 4.98 Å². The predicted octanol–water partition coefficient (Wildman–Crippen LogP) is 2.69. The summed E-state index contributed by atoms with van der Waals surface area (Å²) in [6, 6.07) is 1.91. The molecule has 0 bridgehead atoms. The third-order valence-electron chi connectivity index (χ3n) is 2.69. The van der Waals surface area contributed by atoms with Crippen molar-refractivity contribution in [2.24, 2.45) is 0 Å². The maximum atomic E-state index is 10.9. The van der Waals surface area contributed by atoms with Crippen LogP contribution < -0.4 is 4.90 Å². The van der Waals surface area contributed by atoms with E-state index in [1.807, 2.05) is 24.9 Å². The maximum absolute atomic E-state index is 10.9. The van der Waals surface area contributed by atoms with Gasteiger partial charge in [-0.25, -0.2) is 9.78 Å². The fourth-order valence-corrected chi connectivity index (χ4v) is 2.50. The van der Waals surface area contributed by atoms with Crippen molar-refractivity contribution in [3.63, 3.8) is 0 Å². The molecule has 0 amide bonds. The lowest BCUT2D eigenvalue weighted by atomic mass is 10.2. The molecule has 0 aliphatic rings. The largest absolute Gasteiger partial charge is 0.476 e. The van der Waals surface area contributed by atoms with Gasteiger partial charge in [0.25, 0.3) is 0 Å².